The van der Waals surface area contributed by atoms with E-state index in [9.17, 15) is 4.79 Å². The summed E-state index contributed by atoms with van der Waals surface area (Å²) in [6, 6.07) is 0.680. The summed E-state index contributed by atoms with van der Waals surface area (Å²) in [5.41, 5.74) is 6.39. The van der Waals surface area contributed by atoms with Crippen LogP contribution in [0.3, 0.4) is 0 Å². The molecule has 3 N–H and O–H groups in total. The summed E-state index contributed by atoms with van der Waals surface area (Å²) in [6.45, 7) is 0. The molecule has 0 radical (unpaired) electrons. The average molecular weight is 267 g/mol. The summed E-state index contributed by atoms with van der Waals surface area (Å²) < 4.78 is 1.57. The first kappa shape index (κ1) is 12.5. The number of rotatable bonds is 3. The maximum atomic E-state index is 11.8. The topological polar surface area (TPSA) is 98.7 Å². The monoisotopic (exact) mass is 266 g/mol. The summed E-state index contributed by atoms with van der Waals surface area (Å²) in [5, 5.41) is 6.67. The molecule has 18 heavy (non-hydrogen) atoms. The van der Waals surface area contributed by atoms with Gasteiger partial charge in [-0.05, 0) is 6.07 Å². The van der Waals surface area contributed by atoms with Gasteiger partial charge in [-0.3, -0.25) is 14.8 Å². The van der Waals surface area contributed by atoms with Crippen molar-refractivity contribution in [3.63, 3.8) is 0 Å². The van der Waals surface area contributed by atoms with Crippen LogP contribution in [0.25, 0.3) is 0 Å². The highest BCUT2D eigenvalue weighted by Gasteiger charge is 2.18. The number of hydrogen-bond donors (Lipinski definition) is 2. The van der Waals surface area contributed by atoms with Gasteiger partial charge in [0.15, 0.2) is 0 Å². The SMILES string of the molecule is Cn1cc(C(N)C(=O)Nc2nccc(Cl)n2)cn1. The van der Waals surface area contributed by atoms with Crippen molar-refractivity contribution in [2.75, 3.05) is 5.32 Å². The first-order valence-electron chi connectivity index (χ1n) is 5.10. The Hall–Kier alpha value is -1.99. The number of halogens is 1. The van der Waals surface area contributed by atoms with E-state index in [-0.39, 0.29) is 11.1 Å². The van der Waals surface area contributed by atoms with Crippen LogP contribution in [-0.4, -0.2) is 25.7 Å². The molecule has 7 nitrogen and oxygen atoms in total. The van der Waals surface area contributed by atoms with Gasteiger partial charge in [0.25, 0.3) is 0 Å². The summed E-state index contributed by atoms with van der Waals surface area (Å²) in [7, 11) is 1.74. The number of hydrogen-bond acceptors (Lipinski definition) is 5. The van der Waals surface area contributed by atoms with E-state index >= 15 is 0 Å². The predicted molar refractivity (Wildman–Crippen MR) is 65.8 cm³/mol. The maximum absolute atomic E-state index is 11.8. The quantitative estimate of drug-likeness (QED) is 0.789. The smallest absolute Gasteiger partial charge is 0.248 e. The summed E-state index contributed by atoms with van der Waals surface area (Å²) in [6.07, 6.45) is 4.65. The molecule has 2 rings (SSSR count). The van der Waals surface area contributed by atoms with E-state index in [2.05, 4.69) is 20.4 Å². The van der Waals surface area contributed by atoms with Crippen LogP contribution in [-0.2, 0) is 11.8 Å². The fraction of sp³-hybridized carbons (Fsp3) is 0.200. The highest BCUT2D eigenvalue weighted by Crippen LogP contribution is 2.11. The van der Waals surface area contributed by atoms with Crippen LogP contribution in [0, 0.1) is 0 Å². The molecule has 2 aromatic rings. The molecule has 1 unspecified atom stereocenters. The summed E-state index contributed by atoms with van der Waals surface area (Å²) in [4.78, 5) is 19.5. The van der Waals surface area contributed by atoms with Gasteiger partial charge in [0.05, 0.1) is 6.20 Å². The Bertz CT molecular complexity index is 569. The predicted octanol–water partition coefficient (Wildman–Crippen LogP) is 0.502. The van der Waals surface area contributed by atoms with Crippen LogP contribution in [0.1, 0.15) is 11.6 Å². The Labute approximate surface area is 108 Å². The van der Waals surface area contributed by atoms with Gasteiger partial charge in [0.2, 0.25) is 11.9 Å². The van der Waals surface area contributed by atoms with Crippen LogP contribution in [0.15, 0.2) is 24.7 Å². The number of nitrogens with zero attached hydrogens (tertiary/aromatic N) is 4. The largest absolute Gasteiger partial charge is 0.316 e. The third kappa shape index (κ3) is 2.82. The molecule has 94 valence electrons. The van der Waals surface area contributed by atoms with Crippen molar-refractivity contribution in [2.45, 2.75) is 6.04 Å². The lowest BCUT2D eigenvalue weighted by molar-refractivity contribution is -0.117. The molecular formula is C10H11ClN6O. The molecule has 0 saturated carbocycles. The number of nitrogens with two attached hydrogens (primary N) is 1. The third-order valence-corrected chi connectivity index (χ3v) is 2.43. The second-order valence-corrected chi connectivity index (χ2v) is 4.00. The van der Waals surface area contributed by atoms with Crippen LogP contribution in [0.4, 0.5) is 5.95 Å². The van der Waals surface area contributed by atoms with E-state index in [1.807, 2.05) is 0 Å². The van der Waals surface area contributed by atoms with Crippen molar-refractivity contribution < 1.29 is 4.79 Å². The number of carbonyl (C=O) groups excluding carboxylic acids is 1. The van der Waals surface area contributed by atoms with Gasteiger partial charge in [-0.15, -0.1) is 0 Å². The van der Waals surface area contributed by atoms with Crippen LogP contribution in [0.2, 0.25) is 5.15 Å². The molecular weight excluding hydrogens is 256 g/mol. The number of carbonyl (C=O) groups is 1. The van der Waals surface area contributed by atoms with Crippen LogP contribution >= 0.6 is 11.6 Å². The Morgan fingerprint density at radius 1 is 1.61 bits per heavy atom. The molecule has 0 spiro atoms. The Morgan fingerprint density at radius 3 is 3.00 bits per heavy atom. The Morgan fingerprint density at radius 2 is 2.39 bits per heavy atom. The summed E-state index contributed by atoms with van der Waals surface area (Å²) in [5.74, 6) is -0.308. The molecule has 0 aromatic carbocycles. The standard InChI is InChI=1S/C10H11ClN6O/c1-17-5-6(4-14-17)8(12)9(18)16-10-13-3-2-7(11)15-10/h2-5,8H,12H2,1H3,(H,13,15,16,18). The second-order valence-electron chi connectivity index (χ2n) is 3.62. The molecule has 0 fully saturated rings. The Kier molecular flexibility index (Phi) is 3.54. The van der Waals surface area contributed by atoms with E-state index < -0.39 is 11.9 Å². The van der Waals surface area contributed by atoms with Gasteiger partial charge in [-0.25, -0.2) is 9.97 Å². The fourth-order valence-corrected chi connectivity index (χ4v) is 1.47. The van der Waals surface area contributed by atoms with E-state index in [1.54, 1.807) is 17.9 Å². The number of amides is 1. The molecule has 0 aliphatic rings. The van der Waals surface area contributed by atoms with Crippen molar-refractivity contribution in [1.29, 1.82) is 0 Å². The van der Waals surface area contributed by atoms with E-state index in [1.165, 1.54) is 18.5 Å². The number of anilines is 1. The minimum absolute atomic E-state index is 0.117. The van der Waals surface area contributed by atoms with E-state index in [0.29, 0.717) is 5.56 Å². The zero-order valence-electron chi connectivity index (χ0n) is 9.54. The molecule has 0 aliphatic carbocycles. The summed E-state index contributed by atoms with van der Waals surface area (Å²) >= 11 is 5.68. The van der Waals surface area contributed by atoms with Gasteiger partial charge in [0, 0.05) is 25.0 Å². The van der Waals surface area contributed by atoms with Crippen molar-refractivity contribution >= 4 is 23.5 Å². The van der Waals surface area contributed by atoms with Crippen molar-refractivity contribution in [1.82, 2.24) is 19.7 Å². The third-order valence-electron chi connectivity index (χ3n) is 2.22. The Balaban J connectivity index is 2.08. The molecule has 0 saturated heterocycles. The zero-order valence-corrected chi connectivity index (χ0v) is 10.3. The number of nitrogens with one attached hydrogen (secondary N) is 1. The first-order chi connectivity index (χ1) is 8.56. The van der Waals surface area contributed by atoms with Gasteiger partial charge >= 0.3 is 0 Å². The number of aryl methyl sites for hydroxylation is 1. The van der Waals surface area contributed by atoms with Gasteiger partial charge < -0.3 is 5.73 Å². The molecule has 1 amide bonds. The van der Waals surface area contributed by atoms with Gasteiger partial charge in [-0.1, -0.05) is 11.6 Å². The molecule has 1 atom stereocenters. The maximum Gasteiger partial charge on any atom is 0.248 e. The average Bonchev–Trinajstić information content (AvgIpc) is 2.75. The normalized spacial score (nSPS) is 12.2. The second kappa shape index (κ2) is 5.11. The van der Waals surface area contributed by atoms with Gasteiger partial charge in [0.1, 0.15) is 11.2 Å². The van der Waals surface area contributed by atoms with Gasteiger partial charge in [-0.2, -0.15) is 5.10 Å². The highest BCUT2D eigenvalue weighted by atomic mass is 35.5. The molecule has 0 aliphatic heterocycles. The van der Waals surface area contributed by atoms with Crippen molar-refractivity contribution in [3.05, 3.63) is 35.4 Å². The molecule has 8 heteroatoms. The van der Waals surface area contributed by atoms with Crippen molar-refractivity contribution in [3.8, 4) is 0 Å². The van der Waals surface area contributed by atoms with Crippen LogP contribution in [0.5, 0.6) is 0 Å². The molecule has 0 bridgehead atoms. The molecule has 2 aromatic heterocycles. The first-order valence-corrected chi connectivity index (χ1v) is 5.47. The lowest BCUT2D eigenvalue weighted by Crippen LogP contribution is -2.28. The van der Waals surface area contributed by atoms with E-state index in [0.717, 1.165) is 0 Å². The minimum Gasteiger partial charge on any atom is -0.316 e. The van der Waals surface area contributed by atoms with E-state index in [4.69, 9.17) is 17.3 Å². The fourth-order valence-electron chi connectivity index (χ4n) is 1.34. The van der Waals surface area contributed by atoms with Crippen molar-refractivity contribution in [2.24, 2.45) is 12.8 Å². The van der Waals surface area contributed by atoms with Crippen LogP contribution < -0.4 is 11.1 Å². The number of aromatic nitrogens is 4. The lowest BCUT2D eigenvalue weighted by atomic mass is 10.1. The molecule has 2 heterocycles. The lowest BCUT2D eigenvalue weighted by Gasteiger charge is -2.09. The zero-order chi connectivity index (χ0) is 13.1. The highest BCUT2D eigenvalue weighted by molar-refractivity contribution is 6.29. The minimum atomic E-state index is -0.832.